The first-order chi connectivity index (χ1) is 12.8. The fraction of sp³-hybridized carbons (Fsp3) is 0.0526. The molecule has 0 fully saturated rings. The molecule has 0 unspecified atom stereocenters. The van der Waals surface area contributed by atoms with Crippen LogP contribution in [-0.4, -0.2) is 17.0 Å². The lowest BCUT2D eigenvalue weighted by atomic mass is 10.0. The number of benzene rings is 3. The number of carbonyl (C=O) groups excluding carboxylic acids is 2. The number of carbonyl (C=O) groups is 2. The minimum absolute atomic E-state index is 0.0170. The highest BCUT2D eigenvalue weighted by molar-refractivity contribution is 6.07. The van der Waals surface area contributed by atoms with E-state index in [2.05, 4.69) is 5.32 Å². The Labute approximate surface area is 151 Å². The van der Waals surface area contributed by atoms with E-state index < -0.39 is 23.6 Å². The van der Waals surface area contributed by atoms with Crippen LogP contribution in [0.5, 0.6) is 0 Å². The number of hydrogen-bond donors (Lipinski definition) is 3. The molecule has 3 aromatic rings. The number of nitrogens with one attached hydrogen (secondary N) is 2. The molecule has 0 saturated heterocycles. The Morgan fingerprint density at radius 1 is 0.815 bits per heavy atom. The molecular formula is C19H13F3N2O3. The van der Waals surface area contributed by atoms with Crippen molar-refractivity contribution >= 4 is 28.3 Å². The second kappa shape index (κ2) is 7.08. The average Bonchev–Trinajstić information content (AvgIpc) is 2.66. The largest absolute Gasteiger partial charge is 0.416 e. The molecule has 0 aliphatic rings. The van der Waals surface area contributed by atoms with Gasteiger partial charge in [0.2, 0.25) is 0 Å². The van der Waals surface area contributed by atoms with Crippen LogP contribution in [0.25, 0.3) is 10.8 Å². The van der Waals surface area contributed by atoms with Gasteiger partial charge in [-0.05, 0) is 53.2 Å². The summed E-state index contributed by atoms with van der Waals surface area (Å²) >= 11 is 0. The molecule has 3 N–H and O–H groups in total. The van der Waals surface area contributed by atoms with Crippen LogP contribution in [0.2, 0.25) is 0 Å². The summed E-state index contributed by atoms with van der Waals surface area (Å²) in [4.78, 5) is 23.9. The molecule has 0 heterocycles. The van der Waals surface area contributed by atoms with E-state index in [-0.39, 0.29) is 16.8 Å². The predicted molar refractivity (Wildman–Crippen MR) is 92.6 cm³/mol. The minimum atomic E-state index is -4.51. The molecule has 0 aliphatic carbocycles. The normalized spacial score (nSPS) is 11.3. The number of amides is 2. The summed E-state index contributed by atoms with van der Waals surface area (Å²) in [6.45, 7) is 0. The molecule has 0 aromatic heterocycles. The maximum atomic E-state index is 12.8. The van der Waals surface area contributed by atoms with Gasteiger partial charge in [0.1, 0.15) is 0 Å². The van der Waals surface area contributed by atoms with E-state index in [1.165, 1.54) is 41.9 Å². The zero-order chi connectivity index (χ0) is 19.6. The summed E-state index contributed by atoms with van der Waals surface area (Å²) in [6.07, 6.45) is -4.51. The van der Waals surface area contributed by atoms with Gasteiger partial charge < -0.3 is 5.32 Å². The summed E-state index contributed by atoms with van der Waals surface area (Å²) in [7, 11) is 0. The second-order valence-corrected chi connectivity index (χ2v) is 5.75. The molecule has 3 rings (SSSR count). The number of hydroxylamine groups is 1. The molecule has 138 valence electrons. The summed E-state index contributed by atoms with van der Waals surface area (Å²) in [6, 6.07) is 13.7. The van der Waals surface area contributed by atoms with E-state index in [0.717, 1.165) is 17.5 Å². The monoisotopic (exact) mass is 374 g/mol. The van der Waals surface area contributed by atoms with Gasteiger partial charge in [-0.2, -0.15) is 13.2 Å². The summed E-state index contributed by atoms with van der Waals surface area (Å²) < 4.78 is 38.3. The van der Waals surface area contributed by atoms with E-state index >= 15 is 0 Å². The molecule has 0 spiro atoms. The van der Waals surface area contributed by atoms with Crippen LogP contribution in [0.4, 0.5) is 18.9 Å². The smallest absolute Gasteiger partial charge is 0.322 e. The maximum Gasteiger partial charge on any atom is 0.416 e. The number of hydrogen-bond acceptors (Lipinski definition) is 3. The van der Waals surface area contributed by atoms with Crippen LogP contribution in [0.15, 0.2) is 60.7 Å². The SMILES string of the molecule is O=C(NO)c1ccc2ccc(C(=O)Nc3cccc(C(F)(F)F)c3)cc2c1. The second-order valence-electron chi connectivity index (χ2n) is 5.75. The first-order valence-corrected chi connectivity index (χ1v) is 7.75. The van der Waals surface area contributed by atoms with E-state index in [9.17, 15) is 22.8 Å². The van der Waals surface area contributed by atoms with Gasteiger partial charge in [-0.25, -0.2) is 5.48 Å². The highest BCUT2D eigenvalue weighted by Crippen LogP contribution is 2.30. The van der Waals surface area contributed by atoms with Crippen molar-refractivity contribution in [3.8, 4) is 0 Å². The van der Waals surface area contributed by atoms with Crippen molar-refractivity contribution in [1.29, 1.82) is 0 Å². The Kier molecular flexibility index (Phi) is 4.83. The predicted octanol–water partition coefficient (Wildman–Crippen LogP) is 4.23. The van der Waals surface area contributed by atoms with Crippen LogP contribution >= 0.6 is 0 Å². The zero-order valence-electron chi connectivity index (χ0n) is 13.7. The summed E-state index contributed by atoms with van der Waals surface area (Å²) in [5.74, 6) is -1.29. The number of fused-ring (bicyclic) bond motifs is 1. The van der Waals surface area contributed by atoms with Gasteiger partial charge >= 0.3 is 6.18 Å². The molecule has 0 aliphatic heterocycles. The minimum Gasteiger partial charge on any atom is -0.322 e. The number of anilines is 1. The van der Waals surface area contributed by atoms with Gasteiger partial charge in [0.25, 0.3) is 11.8 Å². The molecule has 5 nitrogen and oxygen atoms in total. The molecular weight excluding hydrogens is 361 g/mol. The first-order valence-electron chi connectivity index (χ1n) is 7.75. The van der Waals surface area contributed by atoms with Crippen molar-refractivity contribution in [2.45, 2.75) is 6.18 Å². The Morgan fingerprint density at radius 3 is 2.04 bits per heavy atom. The third-order valence-corrected chi connectivity index (χ3v) is 3.91. The van der Waals surface area contributed by atoms with E-state index in [1.54, 1.807) is 12.1 Å². The van der Waals surface area contributed by atoms with Crippen molar-refractivity contribution in [1.82, 2.24) is 5.48 Å². The number of halogens is 3. The fourth-order valence-electron chi connectivity index (χ4n) is 2.57. The zero-order valence-corrected chi connectivity index (χ0v) is 13.7. The van der Waals surface area contributed by atoms with E-state index in [1.807, 2.05) is 0 Å². The van der Waals surface area contributed by atoms with Crippen molar-refractivity contribution < 1.29 is 28.0 Å². The summed E-state index contributed by atoms with van der Waals surface area (Å²) in [5.41, 5.74) is 1.08. The lowest BCUT2D eigenvalue weighted by molar-refractivity contribution is -0.137. The molecule has 0 bridgehead atoms. The average molecular weight is 374 g/mol. The van der Waals surface area contributed by atoms with Gasteiger partial charge in [-0.15, -0.1) is 0 Å². The standard InChI is InChI=1S/C19H13F3N2O3/c20-19(21,22)15-2-1-3-16(10-15)23-17(25)12-6-4-11-5-7-13(18(26)24-27)9-14(11)8-12/h1-10,27H,(H,23,25)(H,24,26). The lowest BCUT2D eigenvalue weighted by Gasteiger charge is -2.10. The Bertz CT molecular complexity index is 1030. The molecule has 0 saturated carbocycles. The Morgan fingerprint density at radius 2 is 1.44 bits per heavy atom. The molecule has 27 heavy (non-hydrogen) atoms. The molecule has 0 atom stereocenters. The van der Waals surface area contributed by atoms with Crippen LogP contribution < -0.4 is 10.8 Å². The van der Waals surface area contributed by atoms with Gasteiger partial charge in [0.15, 0.2) is 0 Å². The molecule has 0 radical (unpaired) electrons. The Balaban J connectivity index is 1.88. The topological polar surface area (TPSA) is 78.4 Å². The third-order valence-electron chi connectivity index (χ3n) is 3.91. The lowest BCUT2D eigenvalue weighted by Crippen LogP contribution is -2.18. The first kappa shape index (κ1) is 18.4. The third kappa shape index (κ3) is 4.06. The van der Waals surface area contributed by atoms with Gasteiger partial charge in [0, 0.05) is 16.8 Å². The van der Waals surface area contributed by atoms with Crippen LogP contribution in [0.1, 0.15) is 26.3 Å². The van der Waals surface area contributed by atoms with Crippen LogP contribution in [0, 0.1) is 0 Å². The molecule has 2 amide bonds. The summed E-state index contributed by atoms with van der Waals surface area (Å²) in [5, 5.41) is 12.4. The van der Waals surface area contributed by atoms with Gasteiger partial charge in [0.05, 0.1) is 5.56 Å². The van der Waals surface area contributed by atoms with Crippen LogP contribution in [-0.2, 0) is 6.18 Å². The van der Waals surface area contributed by atoms with Crippen LogP contribution in [0.3, 0.4) is 0 Å². The maximum absolute atomic E-state index is 12.8. The van der Waals surface area contributed by atoms with E-state index in [4.69, 9.17) is 5.21 Å². The molecule has 8 heteroatoms. The fourth-order valence-corrected chi connectivity index (χ4v) is 2.57. The van der Waals surface area contributed by atoms with Crippen molar-refractivity contribution in [3.63, 3.8) is 0 Å². The number of alkyl halides is 3. The van der Waals surface area contributed by atoms with E-state index in [0.29, 0.717) is 5.39 Å². The number of rotatable bonds is 3. The van der Waals surface area contributed by atoms with Gasteiger partial charge in [-0.3, -0.25) is 14.8 Å². The highest BCUT2D eigenvalue weighted by atomic mass is 19.4. The van der Waals surface area contributed by atoms with Crippen molar-refractivity contribution in [2.75, 3.05) is 5.32 Å². The van der Waals surface area contributed by atoms with Crippen molar-refractivity contribution in [3.05, 3.63) is 77.4 Å². The Hall–Kier alpha value is -3.39. The van der Waals surface area contributed by atoms with Crippen molar-refractivity contribution in [2.24, 2.45) is 0 Å². The quantitative estimate of drug-likeness (QED) is 0.474. The highest BCUT2D eigenvalue weighted by Gasteiger charge is 2.30. The van der Waals surface area contributed by atoms with Gasteiger partial charge in [-0.1, -0.05) is 18.2 Å². The molecule has 3 aromatic carbocycles.